The summed E-state index contributed by atoms with van der Waals surface area (Å²) in [6.45, 7) is 0.266. The summed E-state index contributed by atoms with van der Waals surface area (Å²) < 4.78 is 0. The van der Waals surface area contributed by atoms with Crippen LogP contribution in [0.15, 0.2) is 29.2 Å². The standard InChI is InChI=1S/C9H13NOS/c10-8-2-4-9(5-3-8)12-7-1-6-11/h2-5,11H,1,6-7,10H2. The molecule has 0 aromatic heterocycles. The molecule has 0 aliphatic carbocycles. The zero-order valence-electron chi connectivity index (χ0n) is 6.86. The van der Waals surface area contributed by atoms with Gasteiger partial charge in [-0.1, -0.05) is 0 Å². The molecule has 0 fully saturated rings. The molecule has 0 heterocycles. The number of aliphatic hydroxyl groups excluding tert-OH is 1. The van der Waals surface area contributed by atoms with Gasteiger partial charge in [-0.05, 0) is 30.7 Å². The van der Waals surface area contributed by atoms with Crippen LogP contribution in [0.25, 0.3) is 0 Å². The Labute approximate surface area is 76.8 Å². The fraction of sp³-hybridized carbons (Fsp3) is 0.333. The third-order valence-electron chi connectivity index (χ3n) is 1.45. The molecule has 0 bridgehead atoms. The molecule has 0 radical (unpaired) electrons. The Hall–Kier alpha value is -0.670. The Morgan fingerprint density at radius 1 is 1.25 bits per heavy atom. The Kier molecular flexibility index (Phi) is 3.97. The number of benzene rings is 1. The minimum absolute atomic E-state index is 0.266. The number of hydrogen-bond donors (Lipinski definition) is 2. The summed E-state index contributed by atoms with van der Waals surface area (Å²) in [4.78, 5) is 1.21. The molecule has 2 nitrogen and oxygen atoms in total. The van der Waals surface area contributed by atoms with Gasteiger partial charge in [0.1, 0.15) is 0 Å². The maximum Gasteiger partial charge on any atom is 0.0439 e. The van der Waals surface area contributed by atoms with Crippen molar-refractivity contribution >= 4 is 17.4 Å². The normalized spacial score (nSPS) is 10.1. The Morgan fingerprint density at radius 2 is 1.92 bits per heavy atom. The van der Waals surface area contributed by atoms with Gasteiger partial charge in [0.15, 0.2) is 0 Å². The summed E-state index contributed by atoms with van der Waals surface area (Å²) >= 11 is 1.74. The molecule has 0 saturated carbocycles. The minimum atomic E-state index is 0.266. The molecule has 1 aromatic carbocycles. The van der Waals surface area contributed by atoms with E-state index in [1.807, 2.05) is 24.3 Å². The molecule has 0 atom stereocenters. The molecule has 0 spiro atoms. The van der Waals surface area contributed by atoms with Gasteiger partial charge in [-0.2, -0.15) is 0 Å². The summed E-state index contributed by atoms with van der Waals surface area (Å²) in [5.41, 5.74) is 6.33. The van der Waals surface area contributed by atoms with E-state index in [9.17, 15) is 0 Å². The van der Waals surface area contributed by atoms with Crippen molar-refractivity contribution in [1.29, 1.82) is 0 Å². The third kappa shape index (κ3) is 3.15. The van der Waals surface area contributed by atoms with Crippen LogP contribution in [0.2, 0.25) is 0 Å². The molecule has 1 aromatic rings. The summed E-state index contributed by atoms with van der Waals surface area (Å²) in [5, 5.41) is 8.56. The van der Waals surface area contributed by atoms with Crippen LogP contribution in [0, 0.1) is 0 Å². The lowest BCUT2D eigenvalue weighted by atomic mass is 10.3. The second-order valence-corrected chi connectivity index (χ2v) is 3.66. The van der Waals surface area contributed by atoms with Crippen molar-refractivity contribution < 1.29 is 5.11 Å². The highest BCUT2D eigenvalue weighted by atomic mass is 32.2. The first-order valence-corrected chi connectivity index (χ1v) is 4.90. The van der Waals surface area contributed by atoms with Crippen LogP contribution >= 0.6 is 11.8 Å². The van der Waals surface area contributed by atoms with Crippen molar-refractivity contribution in [3.8, 4) is 0 Å². The SMILES string of the molecule is Nc1ccc(SCCCO)cc1. The van der Waals surface area contributed by atoms with Crippen LogP contribution in [0.3, 0.4) is 0 Å². The van der Waals surface area contributed by atoms with E-state index in [4.69, 9.17) is 10.8 Å². The number of nitrogens with two attached hydrogens (primary N) is 1. The predicted molar refractivity (Wildman–Crippen MR) is 53.3 cm³/mol. The van der Waals surface area contributed by atoms with Gasteiger partial charge in [-0.3, -0.25) is 0 Å². The second-order valence-electron chi connectivity index (χ2n) is 2.49. The van der Waals surface area contributed by atoms with E-state index < -0.39 is 0 Å². The van der Waals surface area contributed by atoms with Gasteiger partial charge in [0.05, 0.1) is 0 Å². The van der Waals surface area contributed by atoms with Crippen molar-refractivity contribution in [1.82, 2.24) is 0 Å². The molecule has 12 heavy (non-hydrogen) atoms. The summed E-state index contributed by atoms with van der Waals surface area (Å²) in [5.74, 6) is 0.959. The molecule has 0 unspecified atom stereocenters. The molecule has 66 valence electrons. The molecule has 3 N–H and O–H groups in total. The number of thioether (sulfide) groups is 1. The third-order valence-corrected chi connectivity index (χ3v) is 2.55. The van der Waals surface area contributed by atoms with E-state index in [-0.39, 0.29) is 6.61 Å². The van der Waals surface area contributed by atoms with Gasteiger partial charge in [0, 0.05) is 22.9 Å². The topological polar surface area (TPSA) is 46.2 Å². The average molecular weight is 183 g/mol. The first-order valence-electron chi connectivity index (χ1n) is 3.92. The maximum atomic E-state index is 8.56. The van der Waals surface area contributed by atoms with E-state index in [0.29, 0.717) is 0 Å². The first kappa shape index (κ1) is 9.42. The molecule has 1 rings (SSSR count). The molecule has 3 heteroatoms. The van der Waals surface area contributed by atoms with Gasteiger partial charge in [-0.15, -0.1) is 11.8 Å². The van der Waals surface area contributed by atoms with Crippen molar-refractivity contribution in [3.63, 3.8) is 0 Å². The maximum absolute atomic E-state index is 8.56. The predicted octanol–water partition coefficient (Wildman–Crippen LogP) is 1.74. The molecule has 0 aliphatic rings. The van der Waals surface area contributed by atoms with Crippen LogP contribution in [0.1, 0.15) is 6.42 Å². The van der Waals surface area contributed by atoms with Crippen molar-refractivity contribution in [2.45, 2.75) is 11.3 Å². The highest BCUT2D eigenvalue weighted by Crippen LogP contribution is 2.19. The lowest BCUT2D eigenvalue weighted by Crippen LogP contribution is -1.86. The highest BCUT2D eigenvalue weighted by molar-refractivity contribution is 7.99. The van der Waals surface area contributed by atoms with Crippen LogP contribution in [-0.4, -0.2) is 17.5 Å². The lowest BCUT2D eigenvalue weighted by molar-refractivity contribution is 0.296. The quantitative estimate of drug-likeness (QED) is 0.424. The van der Waals surface area contributed by atoms with Crippen molar-refractivity contribution in [3.05, 3.63) is 24.3 Å². The van der Waals surface area contributed by atoms with Gasteiger partial charge in [-0.25, -0.2) is 0 Å². The van der Waals surface area contributed by atoms with Gasteiger partial charge >= 0.3 is 0 Å². The van der Waals surface area contributed by atoms with Crippen LogP contribution in [-0.2, 0) is 0 Å². The minimum Gasteiger partial charge on any atom is -0.399 e. The zero-order chi connectivity index (χ0) is 8.81. The number of aliphatic hydroxyl groups is 1. The smallest absolute Gasteiger partial charge is 0.0439 e. The monoisotopic (exact) mass is 183 g/mol. The largest absolute Gasteiger partial charge is 0.399 e. The number of nitrogen functional groups attached to an aromatic ring is 1. The van der Waals surface area contributed by atoms with Crippen molar-refractivity contribution in [2.24, 2.45) is 0 Å². The Morgan fingerprint density at radius 3 is 2.50 bits per heavy atom. The number of anilines is 1. The van der Waals surface area contributed by atoms with E-state index in [0.717, 1.165) is 17.9 Å². The lowest BCUT2D eigenvalue weighted by Gasteiger charge is -1.99. The van der Waals surface area contributed by atoms with E-state index in [1.165, 1.54) is 4.90 Å². The van der Waals surface area contributed by atoms with Crippen LogP contribution < -0.4 is 5.73 Å². The zero-order valence-corrected chi connectivity index (χ0v) is 7.68. The van der Waals surface area contributed by atoms with E-state index in [2.05, 4.69) is 0 Å². The summed E-state index contributed by atoms with van der Waals surface area (Å²) in [6, 6.07) is 7.78. The van der Waals surface area contributed by atoms with Gasteiger partial charge < -0.3 is 10.8 Å². The van der Waals surface area contributed by atoms with E-state index in [1.54, 1.807) is 11.8 Å². The van der Waals surface area contributed by atoms with E-state index >= 15 is 0 Å². The second kappa shape index (κ2) is 5.06. The average Bonchev–Trinajstić information content (AvgIpc) is 2.09. The van der Waals surface area contributed by atoms with Gasteiger partial charge in [0.2, 0.25) is 0 Å². The summed E-state index contributed by atoms with van der Waals surface area (Å²) in [7, 11) is 0. The van der Waals surface area contributed by atoms with Crippen molar-refractivity contribution in [2.75, 3.05) is 18.1 Å². The van der Waals surface area contributed by atoms with Gasteiger partial charge in [0.25, 0.3) is 0 Å². The first-order chi connectivity index (χ1) is 5.83. The highest BCUT2D eigenvalue weighted by Gasteiger charge is 1.92. The Balaban J connectivity index is 2.37. The molecular formula is C9H13NOS. The molecular weight excluding hydrogens is 170 g/mol. The Bertz CT molecular complexity index is 222. The number of hydrogen-bond acceptors (Lipinski definition) is 3. The number of rotatable bonds is 4. The fourth-order valence-corrected chi connectivity index (χ4v) is 1.66. The fourth-order valence-electron chi connectivity index (χ4n) is 0.819. The molecule has 0 saturated heterocycles. The van der Waals surface area contributed by atoms with Crippen LogP contribution in [0.5, 0.6) is 0 Å². The molecule has 0 amide bonds. The molecule has 0 aliphatic heterocycles. The van der Waals surface area contributed by atoms with Crippen LogP contribution in [0.4, 0.5) is 5.69 Å². The summed E-state index contributed by atoms with van der Waals surface area (Å²) in [6.07, 6.45) is 0.842.